The van der Waals surface area contributed by atoms with Crippen LogP contribution in [0.2, 0.25) is 5.02 Å². The van der Waals surface area contributed by atoms with Crippen molar-refractivity contribution in [2.75, 3.05) is 0 Å². The van der Waals surface area contributed by atoms with Crippen molar-refractivity contribution in [2.45, 2.75) is 37.6 Å². The fourth-order valence-corrected chi connectivity index (χ4v) is 2.37. The molecule has 0 spiro atoms. The molecule has 0 radical (unpaired) electrons. The van der Waals surface area contributed by atoms with Gasteiger partial charge in [-0.3, -0.25) is 4.79 Å². The number of Topliss-reactive ketones (excluding diaryl/α,β-unsaturated/α-hetero) is 1. The molecule has 1 aliphatic carbocycles. The van der Waals surface area contributed by atoms with Crippen molar-refractivity contribution in [3.8, 4) is 0 Å². The third kappa shape index (κ3) is 3.05. The summed E-state index contributed by atoms with van der Waals surface area (Å²) < 4.78 is 12.8. The molecule has 0 aromatic heterocycles. The van der Waals surface area contributed by atoms with Gasteiger partial charge in [-0.1, -0.05) is 17.7 Å². The Bertz CT molecular complexity index is 443. The van der Waals surface area contributed by atoms with Gasteiger partial charge in [-0.25, -0.2) is 4.39 Å². The summed E-state index contributed by atoms with van der Waals surface area (Å²) in [6, 6.07) is 4.10. The third-order valence-corrected chi connectivity index (χ3v) is 3.65. The number of halogens is 2. The largest absolute Gasteiger partial charge is 0.325 e. The number of carbonyl (C=O) groups excluding carboxylic acids is 1. The van der Waals surface area contributed by atoms with Crippen LogP contribution in [0.5, 0.6) is 0 Å². The Hall–Kier alpha value is -0.930. The minimum Gasteiger partial charge on any atom is -0.325 e. The minimum atomic E-state index is -0.388. The van der Waals surface area contributed by atoms with Gasteiger partial charge in [-0.2, -0.15) is 0 Å². The molecule has 0 aliphatic heterocycles. The predicted octanol–water partition coefficient (Wildman–Crippen LogP) is 2.86. The van der Waals surface area contributed by atoms with Crippen molar-refractivity contribution in [3.63, 3.8) is 0 Å². The molecule has 1 aromatic carbocycles. The smallest absolute Gasteiger partial charge is 0.139 e. The second kappa shape index (κ2) is 4.75. The zero-order valence-corrected chi connectivity index (χ0v) is 10.3. The van der Waals surface area contributed by atoms with E-state index in [1.165, 1.54) is 12.1 Å². The molecule has 0 saturated heterocycles. The molecular formula is C13H15ClFNO. The van der Waals surface area contributed by atoms with Gasteiger partial charge in [0.25, 0.3) is 0 Å². The van der Waals surface area contributed by atoms with E-state index in [1.54, 1.807) is 6.07 Å². The third-order valence-electron chi connectivity index (χ3n) is 3.30. The number of benzene rings is 1. The molecule has 0 unspecified atom stereocenters. The van der Waals surface area contributed by atoms with Gasteiger partial charge < -0.3 is 5.73 Å². The summed E-state index contributed by atoms with van der Waals surface area (Å²) in [4.78, 5) is 11.8. The van der Waals surface area contributed by atoms with E-state index in [0.29, 0.717) is 17.0 Å². The Balaban J connectivity index is 1.98. The fourth-order valence-electron chi connectivity index (χ4n) is 2.14. The average molecular weight is 256 g/mol. The van der Waals surface area contributed by atoms with Gasteiger partial charge in [0.05, 0.1) is 0 Å². The van der Waals surface area contributed by atoms with Crippen LogP contribution in [0.4, 0.5) is 4.39 Å². The van der Waals surface area contributed by atoms with Gasteiger partial charge >= 0.3 is 0 Å². The molecule has 17 heavy (non-hydrogen) atoms. The standard InChI is InChI=1S/C13H15ClFNO/c14-12-7-10(15)3-2-9(12)6-11(17)8-13(16)4-1-5-13/h2-3,7H,1,4-6,8,16H2. The molecule has 0 atom stereocenters. The highest BCUT2D eigenvalue weighted by Gasteiger charge is 2.34. The van der Waals surface area contributed by atoms with Gasteiger partial charge in [0.2, 0.25) is 0 Å². The number of nitrogens with two attached hydrogens (primary N) is 1. The van der Waals surface area contributed by atoms with Crippen LogP contribution in [0, 0.1) is 5.82 Å². The van der Waals surface area contributed by atoms with Crippen LogP contribution in [-0.2, 0) is 11.2 Å². The SMILES string of the molecule is NC1(CC(=O)Cc2ccc(F)cc2Cl)CCC1. The summed E-state index contributed by atoms with van der Waals surface area (Å²) in [6.45, 7) is 0. The summed E-state index contributed by atoms with van der Waals surface area (Å²) in [5.74, 6) is -0.318. The molecule has 1 fully saturated rings. The monoisotopic (exact) mass is 255 g/mol. The number of hydrogen-bond acceptors (Lipinski definition) is 2. The minimum absolute atomic E-state index is 0.0701. The second-order valence-electron chi connectivity index (χ2n) is 4.84. The molecule has 2 N–H and O–H groups in total. The van der Waals surface area contributed by atoms with E-state index in [4.69, 9.17) is 17.3 Å². The Labute approximate surface area is 105 Å². The van der Waals surface area contributed by atoms with Crippen LogP contribution in [0.1, 0.15) is 31.2 Å². The fraction of sp³-hybridized carbons (Fsp3) is 0.462. The molecule has 1 saturated carbocycles. The number of hydrogen-bond donors (Lipinski definition) is 1. The molecule has 0 bridgehead atoms. The van der Waals surface area contributed by atoms with Crippen molar-refractivity contribution < 1.29 is 9.18 Å². The van der Waals surface area contributed by atoms with E-state index < -0.39 is 0 Å². The molecule has 0 heterocycles. The van der Waals surface area contributed by atoms with Crippen LogP contribution in [0.25, 0.3) is 0 Å². The topological polar surface area (TPSA) is 43.1 Å². The van der Waals surface area contributed by atoms with Crippen molar-refractivity contribution in [3.05, 3.63) is 34.6 Å². The lowest BCUT2D eigenvalue weighted by Gasteiger charge is -2.37. The van der Waals surface area contributed by atoms with Crippen LogP contribution >= 0.6 is 11.6 Å². The maximum atomic E-state index is 12.8. The number of ketones is 1. The van der Waals surface area contributed by atoms with Crippen LogP contribution in [-0.4, -0.2) is 11.3 Å². The molecule has 1 aliphatic rings. The molecule has 2 nitrogen and oxygen atoms in total. The van der Waals surface area contributed by atoms with E-state index >= 15 is 0 Å². The first-order chi connectivity index (χ1) is 7.98. The van der Waals surface area contributed by atoms with Gasteiger partial charge in [-0.15, -0.1) is 0 Å². The normalized spacial score (nSPS) is 17.6. The quantitative estimate of drug-likeness (QED) is 0.899. The van der Waals surface area contributed by atoms with Crippen LogP contribution in [0.15, 0.2) is 18.2 Å². The van der Waals surface area contributed by atoms with Gasteiger partial charge in [0.1, 0.15) is 11.6 Å². The highest BCUT2D eigenvalue weighted by atomic mass is 35.5. The van der Waals surface area contributed by atoms with E-state index in [-0.39, 0.29) is 23.6 Å². The first-order valence-electron chi connectivity index (χ1n) is 5.73. The van der Waals surface area contributed by atoms with Crippen LogP contribution in [0.3, 0.4) is 0 Å². The Kier molecular flexibility index (Phi) is 3.50. The van der Waals surface area contributed by atoms with E-state index in [2.05, 4.69) is 0 Å². The lowest BCUT2D eigenvalue weighted by molar-refractivity contribution is -0.120. The zero-order valence-electron chi connectivity index (χ0n) is 9.51. The maximum Gasteiger partial charge on any atom is 0.139 e. The maximum absolute atomic E-state index is 12.8. The Morgan fingerprint density at radius 3 is 2.71 bits per heavy atom. The van der Waals surface area contributed by atoms with Crippen molar-refractivity contribution in [1.29, 1.82) is 0 Å². The van der Waals surface area contributed by atoms with Gasteiger partial charge in [0, 0.05) is 23.4 Å². The predicted molar refractivity (Wildman–Crippen MR) is 65.5 cm³/mol. The first kappa shape index (κ1) is 12.5. The van der Waals surface area contributed by atoms with E-state index in [9.17, 15) is 9.18 Å². The lowest BCUT2D eigenvalue weighted by atomic mass is 9.74. The molecule has 2 rings (SSSR count). The van der Waals surface area contributed by atoms with Gasteiger partial charge in [-0.05, 0) is 37.0 Å². The molecule has 0 amide bonds. The van der Waals surface area contributed by atoms with Crippen LogP contribution < -0.4 is 5.73 Å². The summed E-state index contributed by atoms with van der Waals surface area (Å²) in [5, 5.41) is 0.304. The Morgan fingerprint density at radius 1 is 1.47 bits per heavy atom. The van der Waals surface area contributed by atoms with E-state index in [1.807, 2.05) is 0 Å². The van der Waals surface area contributed by atoms with Crippen molar-refractivity contribution in [2.24, 2.45) is 5.73 Å². The number of carbonyl (C=O) groups is 1. The summed E-state index contributed by atoms with van der Waals surface area (Å²) in [6.07, 6.45) is 3.55. The molecular weight excluding hydrogens is 241 g/mol. The summed E-state index contributed by atoms with van der Waals surface area (Å²) in [5.41, 5.74) is 6.37. The highest BCUT2D eigenvalue weighted by Crippen LogP contribution is 2.32. The summed E-state index contributed by atoms with van der Waals surface area (Å²) in [7, 11) is 0. The van der Waals surface area contributed by atoms with Crippen molar-refractivity contribution in [1.82, 2.24) is 0 Å². The molecule has 1 aromatic rings. The molecule has 92 valence electrons. The first-order valence-corrected chi connectivity index (χ1v) is 6.11. The second-order valence-corrected chi connectivity index (χ2v) is 5.25. The Morgan fingerprint density at radius 2 is 2.18 bits per heavy atom. The van der Waals surface area contributed by atoms with Gasteiger partial charge in [0.15, 0.2) is 0 Å². The number of rotatable bonds is 4. The highest BCUT2D eigenvalue weighted by molar-refractivity contribution is 6.31. The van der Waals surface area contributed by atoms with E-state index in [0.717, 1.165) is 19.3 Å². The van der Waals surface area contributed by atoms with Crippen molar-refractivity contribution >= 4 is 17.4 Å². The molecule has 4 heteroatoms. The lowest BCUT2D eigenvalue weighted by Crippen LogP contribution is -2.48. The summed E-state index contributed by atoms with van der Waals surface area (Å²) >= 11 is 5.87. The zero-order chi connectivity index (χ0) is 12.5. The average Bonchev–Trinajstić information content (AvgIpc) is 2.20.